The second kappa shape index (κ2) is 10.2. The van der Waals surface area contributed by atoms with Crippen LogP contribution in [0.4, 0.5) is 8.78 Å². The Morgan fingerprint density at radius 1 is 0.938 bits per heavy atom. The second-order valence-corrected chi connectivity index (χ2v) is 8.72. The molecular weight excluding hydrogens is 478 g/mol. The summed E-state index contributed by atoms with van der Waals surface area (Å²) in [4.78, 5) is 14.6. The Bertz CT molecular complexity index is 1050. The highest BCUT2D eigenvalue weighted by Gasteiger charge is 2.23. The molecule has 1 N–H and O–H groups in total. The van der Waals surface area contributed by atoms with Crippen molar-refractivity contribution in [1.82, 2.24) is 10.2 Å². The molecule has 32 heavy (non-hydrogen) atoms. The summed E-state index contributed by atoms with van der Waals surface area (Å²) < 4.78 is 34.5. The number of amides is 1. The van der Waals surface area contributed by atoms with Gasteiger partial charge in [0.1, 0.15) is 23.1 Å². The van der Waals surface area contributed by atoms with Gasteiger partial charge in [0, 0.05) is 41.3 Å². The molecule has 4 rings (SSSR count). The highest BCUT2D eigenvalue weighted by atomic mass is 79.9. The van der Waals surface area contributed by atoms with E-state index in [4.69, 9.17) is 4.74 Å². The van der Waals surface area contributed by atoms with E-state index >= 15 is 0 Å². The van der Waals surface area contributed by atoms with Gasteiger partial charge in [0.25, 0.3) is 5.91 Å². The zero-order chi connectivity index (χ0) is 22.5. The summed E-state index contributed by atoms with van der Waals surface area (Å²) in [7, 11) is 0. The third-order valence-electron chi connectivity index (χ3n) is 5.53. The minimum absolute atomic E-state index is 0.0305. The molecule has 0 atom stereocenters. The van der Waals surface area contributed by atoms with E-state index < -0.39 is 11.6 Å². The minimum Gasteiger partial charge on any atom is -0.457 e. The SMILES string of the molecule is O=C(NC1CCN(Cc2c(F)cccc2F)CC1)c1ccc(Oc2ccc(Br)cc2)cc1. The maximum absolute atomic E-state index is 13.9. The summed E-state index contributed by atoms with van der Waals surface area (Å²) in [6, 6.07) is 18.5. The summed E-state index contributed by atoms with van der Waals surface area (Å²) in [5.74, 6) is 0.185. The fraction of sp³-hybridized carbons (Fsp3) is 0.240. The monoisotopic (exact) mass is 500 g/mol. The maximum atomic E-state index is 13.9. The number of carbonyl (C=O) groups is 1. The number of nitrogens with one attached hydrogen (secondary N) is 1. The lowest BCUT2D eigenvalue weighted by atomic mass is 10.0. The summed E-state index contributed by atoms with van der Waals surface area (Å²) in [6.45, 7) is 1.57. The van der Waals surface area contributed by atoms with Crippen molar-refractivity contribution < 1.29 is 18.3 Å². The van der Waals surface area contributed by atoms with E-state index in [0.717, 1.165) is 17.3 Å². The number of benzene rings is 3. The van der Waals surface area contributed by atoms with Crippen LogP contribution in [0.1, 0.15) is 28.8 Å². The molecule has 0 unspecified atom stereocenters. The van der Waals surface area contributed by atoms with Crippen molar-refractivity contribution in [3.63, 3.8) is 0 Å². The van der Waals surface area contributed by atoms with Gasteiger partial charge >= 0.3 is 0 Å². The summed E-state index contributed by atoms with van der Waals surface area (Å²) >= 11 is 3.39. The van der Waals surface area contributed by atoms with Crippen molar-refractivity contribution in [3.05, 3.63) is 94.0 Å². The first-order valence-corrected chi connectivity index (χ1v) is 11.3. The van der Waals surface area contributed by atoms with Crippen molar-refractivity contribution in [2.24, 2.45) is 0 Å². The van der Waals surface area contributed by atoms with Gasteiger partial charge < -0.3 is 10.1 Å². The van der Waals surface area contributed by atoms with Crippen molar-refractivity contribution in [3.8, 4) is 11.5 Å². The minimum atomic E-state index is -0.520. The molecular formula is C25H23BrF2N2O2. The smallest absolute Gasteiger partial charge is 0.251 e. The van der Waals surface area contributed by atoms with Gasteiger partial charge in [-0.15, -0.1) is 0 Å². The van der Waals surface area contributed by atoms with Crippen molar-refractivity contribution in [2.75, 3.05) is 13.1 Å². The Morgan fingerprint density at radius 2 is 1.50 bits per heavy atom. The molecule has 166 valence electrons. The Balaban J connectivity index is 1.27. The van der Waals surface area contributed by atoms with Crippen LogP contribution in [0.5, 0.6) is 11.5 Å². The fourth-order valence-electron chi connectivity index (χ4n) is 3.72. The lowest BCUT2D eigenvalue weighted by Gasteiger charge is -2.32. The predicted molar refractivity (Wildman–Crippen MR) is 123 cm³/mol. The van der Waals surface area contributed by atoms with Gasteiger partial charge in [-0.1, -0.05) is 22.0 Å². The van der Waals surface area contributed by atoms with Crippen molar-refractivity contribution >= 4 is 21.8 Å². The van der Waals surface area contributed by atoms with Gasteiger partial charge in [0.05, 0.1) is 0 Å². The molecule has 1 saturated heterocycles. The van der Waals surface area contributed by atoms with E-state index in [0.29, 0.717) is 30.2 Å². The molecule has 3 aromatic carbocycles. The number of hydrogen-bond donors (Lipinski definition) is 1. The number of carbonyl (C=O) groups excluding carboxylic acids is 1. The van der Waals surface area contributed by atoms with Crippen LogP contribution in [-0.4, -0.2) is 29.9 Å². The molecule has 1 aliphatic rings. The topological polar surface area (TPSA) is 41.6 Å². The van der Waals surface area contributed by atoms with Gasteiger partial charge in [0.2, 0.25) is 0 Å². The maximum Gasteiger partial charge on any atom is 0.251 e. The van der Waals surface area contributed by atoms with Crippen LogP contribution >= 0.6 is 15.9 Å². The first-order valence-electron chi connectivity index (χ1n) is 10.5. The van der Waals surface area contributed by atoms with Crippen LogP contribution in [-0.2, 0) is 6.54 Å². The molecule has 1 fully saturated rings. The molecule has 0 bridgehead atoms. The van der Waals surface area contributed by atoms with Crippen LogP contribution in [0.25, 0.3) is 0 Å². The molecule has 3 aromatic rings. The molecule has 1 heterocycles. The number of halogens is 3. The van der Waals surface area contributed by atoms with Crippen LogP contribution in [0.15, 0.2) is 71.2 Å². The molecule has 1 aliphatic heterocycles. The molecule has 4 nitrogen and oxygen atoms in total. The number of rotatable bonds is 6. The Hall–Kier alpha value is -2.77. The lowest BCUT2D eigenvalue weighted by molar-refractivity contribution is 0.0908. The van der Waals surface area contributed by atoms with E-state index in [-0.39, 0.29) is 24.1 Å². The third kappa shape index (κ3) is 5.72. The van der Waals surface area contributed by atoms with E-state index in [1.165, 1.54) is 18.2 Å². The van der Waals surface area contributed by atoms with E-state index in [1.807, 2.05) is 29.2 Å². The van der Waals surface area contributed by atoms with Gasteiger partial charge in [-0.3, -0.25) is 9.69 Å². The third-order valence-corrected chi connectivity index (χ3v) is 6.06. The zero-order valence-electron chi connectivity index (χ0n) is 17.4. The highest BCUT2D eigenvalue weighted by Crippen LogP contribution is 2.24. The summed E-state index contributed by atoms with van der Waals surface area (Å²) in [5, 5.41) is 3.06. The highest BCUT2D eigenvalue weighted by molar-refractivity contribution is 9.10. The molecule has 0 aromatic heterocycles. The van der Waals surface area contributed by atoms with Crippen molar-refractivity contribution in [2.45, 2.75) is 25.4 Å². The quantitative estimate of drug-likeness (QED) is 0.457. The molecule has 7 heteroatoms. The molecule has 0 aliphatic carbocycles. The number of hydrogen-bond acceptors (Lipinski definition) is 3. The molecule has 0 spiro atoms. The molecule has 0 radical (unpaired) electrons. The van der Waals surface area contributed by atoms with Gasteiger partial charge in [-0.25, -0.2) is 8.78 Å². The zero-order valence-corrected chi connectivity index (χ0v) is 18.9. The van der Waals surface area contributed by atoms with Crippen molar-refractivity contribution in [1.29, 1.82) is 0 Å². The standard InChI is InChI=1S/C25H23BrF2N2O2/c26-18-6-10-21(11-7-18)32-20-8-4-17(5-9-20)25(31)29-19-12-14-30(15-13-19)16-22-23(27)2-1-3-24(22)28/h1-11,19H,12-16H2,(H,29,31). The lowest BCUT2D eigenvalue weighted by Crippen LogP contribution is -2.44. The average Bonchev–Trinajstić information content (AvgIpc) is 2.79. The fourth-order valence-corrected chi connectivity index (χ4v) is 3.99. The van der Waals surface area contributed by atoms with Crippen LogP contribution in [0.2, 0.25) is 0 Å². The molecule has 1 amide bonds. The van der Waals surface area contributed by atoms with E-state index in [9.17, 15) is 13.6 Å². The number of ether oxygens (including phenoxy) is 1. The normalized spacial score (nSPS) is 14.8. The number of nitrogens with zero attached hydrogens (tertiary/aromatic N) is 1. The summed E-state index contributed by atoms with van der Waals surface area (Å²) in [5.41, 5.74) is 0.657. The molecule has 0 saturated carbocycles. The first-order chi connectivity index (χ1) is 15.5. The number of likely N-dealkylation sites (tertiary alicyclic amines) is 1. The van der Waals surface area contributed by atoms with Gasteiger partial charge in [0.15, 0.2) is 0 Å². The second-order valence-electron chi connectivity index (χ2n) is 7.80. The Morgan fingerprint density at radius 3 is 2.09 bits per heavy atom. The van der Waals surface area contributed by atoms with Crippen LogP contribution in [0, 0.1) is 11.6 Å². The average molecular weight is 501 g/mol. The van der Waals surface area contributed by atoms with Gasteiger partial charge in [-0.2, -0.15) is 0 Å². The van der Waals surface area contributed by atoms with E-state index in [1.54, 1.807) is 24.3 Å². The van der Waals surface area contributed by atoms with Crippen LogP contribution in [0.3, 0.4) is 0 Å². The van der Waals surface area contributed by atoms with Gasteiger partial charge in [-0.05, 0) is 73.5 Å². The predicted octanol–water partition coefficient (Wildman–Crippen LogP) is 5.91. The number of piperidine rings is 1. The van der Waals surface area contributed by atoms with E-state index in [2.05, 4.69) is 21.2 Å². The largest absolute Gasteiger partial charge is 0.457 e. The first kappa shape index (κ1) is 22.4. The summed E-state index contributed by atoms with van der Waals surface area (Å²) in [6.07, 6.45) is 1.46. The Kier molecular flexibility index (Phi) is 7.17. The van der Waals surface area contributed by atoms with Crippen LogP contribution < -0.4 is 10.1 Å². The Labute approximate surface area is 194 Å².